The van der Waals surface area contributed by atoms with Gasteiger partial charge in [-0.05, 0) is 13.0 Å². The standard InChI is InChI=1S/C16H20N4O2S.C2HF3O2/c1-12-3-4-13-9-20(16(21)14-10-23-11-17-14)6-5-19(7-8-22-2)15(13)18-12;3-2(4,5)1(6)7/h3-4,10-11H,5-9H2,1-2H3;(H,6,7). The minimum atomic E-state index is -5.08. The average Bonchev–Trinajstić information content (AvgIpc) is 3.16. The first kappa shape index (κ1) is 23.5. The molecule has 2 aromatic rings. The number of carboxylic acid groups (broad SMARTS) is 1. The summed E-state index contributed by atoms with van der Waals surface area (Å²) >= 11 is 1.44. The number of aryl methyl sites for hydroxylation is 1. The second-order valence-corrected chi connectivity index (χ2v) is 7.04. The summed E-state index contributed by atoms with van der Waals surface area (Å²) in [6.07, 6.45) is -5.08. The molecule has 1 N–H and O–H groups in total. The van der Waals surface area contributed by atoms with Crippen LogP contribution in [0.1, 0.15) is 21.7 Å². The Balaban J connectivity index is 0.000000396. The van der Waals surface area contributed by atoms with Gasteiger partial charge in [0.05, 0.1) is 12.1 Å². The van der Waals surface area contributed by atoms with E-state index in [1.807, 2.05) is 17.9 Å². The maximum Gasteiger partial charge on any atom is 0.490 e. The number of anilines is 1. The summed E-state index contributed by atoms with van der Waals surface area (Å²) in [5.41, 5.74) is 4.25. The smallest absolute Gasteiger partial charge is 0.475 e. The molecule has 0 saturated carbocycles. The molecule has 12 heteroatoms. The molecule has 1 amide bonds. The van der Waals surface area contributed by atoms with Crippen LogP contribution < -0.4 is 4.90 Å². The van der Waals surface area contributed by atoms with Crippen LogP contribution in [0.4, 0.5) is 19.0 Å². The van der Waals surface area contributed by atoms with Gasteiger partial charge in [0.2, 0.25) is 0 Å². The van der Waals surface area contributed by atoms with Crippen molar-refractivity contribution in [3.05, 3.63) is 40.0 Å². The maximum absolute atomic E-state index is 12.6. The van der Waals surface area contributed by atoms with Crippen molar-refractivity contribution in [3.8, 4) is 0 Å². The topological polar surface area (TPSA) is 95.9 Å². The Kier molecular flexibility index (Phi) is 8.12. The first-order chi connectivity index (χ1) is 14.1. The van der Waals surface area contributed by atoms with Crippen molar-refractivity contribution < 1.29 is 32.6 Å². The van der Waals surface area contributed by atoms with Gasteiger partial charge in [-0.25, -0.2) is 14.8 Å². The molecule has 0 aliphatic carbocycles. The highest BCUT2D eigenvalue weighted by Gasteiger charge is 2.38. The molecular formula is C18H21F3N4O4S. The highest BCUT2D eigenvalue weighted by molar-refractivity contribution is 7.07. The van der Waals surface area contributed by atoms with Crippen LogP contribution in [0.15, 0.2) is 23.0 Å². The third-order valence-corrected chi connectivity index (χ3v) is 4.73. The second-order valence-electron chi connectivity index (χ2n) is 6.32. The van der Waals surface area contributed by atoms with Gasteiger partial charge >= 0.3 is 12.1 Å². The lowest BCUT2D eigenvalue weighted by Gasteiger charge is -2.23. The van der Waals surface area contributed by atoms with Crippen LogP contribution in [-0.4, -0.2) is 71.4 Å². The number of halogens is 3. The van der Waals surface area contributed by atoms with Gasteiger partial charge in [-0.1, -0.05) is 6.07 Å². The van der Waals surface area contributed by atoms with Crippen LogP contribution in [-0.2, 0) is 16.1 Å². The van der Waals surface area contributed by atoms with E-state index in [0.717, 1.165) is 30.2 Å². The molecule has 1 aliphatic rings. The van der Waals surface area contributed by atoms with Gasteiger partial charge in [0.1, 0.15) is 11.5 Å². The number of methoxy groups -OCH3 is 1. The fraction of sp³-hybridized carbons (Fsp3) is 0.444. The van der Waals surface area contributed by atoms with E-state index in [0.29, 0.717) is 25.4 Å². The van der Waals surface area contributed by atoms with Gasteiger partial charge in [0.15, 0.2) is 0 Å². The molecule has 3 rings (SSSR count). The van der Waals surface area contributed by atoms with Gasteiger partial charge in [-0.15, -0.1) is 11.3 Å². The van der Waals surface area contributed by atoms with E-state index in [4.69, 9.17) is 14.6 Å². The summed E-state index contributed by atoms with van der Waals surface area (Å²) in [7, 11) is 1.69. The molecule has 3 heterocycles. The van der Waals surface area contributed by atoms with Gasteiger partial charge in [-0.3, -0.25) is 4.79 Å². The molecule has 0 spiro atoms. The number of hydrogen-bond donors (Lipinski definition) is 1. The molecule has 0 aromatic carbocycles. The van der Waals surface area contributed by atoms with Gasteiger partial charge < -0.3 is 19.6 Å². The first-order valence-corrected chi connectivity index (χ1v) is 9.75. The lowest BCUT2D eigenvalue weighted by molar-refractivity contribution is -0.192. The van der Waals surface area contributed by atoms with Crippen LogP contribution in [0.2, 0.25) is 0 Å². The number of carbonyl (C=O) groups is 2. The lowest BCUT2D eigenvalue weighted by atomic mass is 10.2. The molecule has 0 unspecified atom stereocenters. The number of carboxylic acids is 1. The summed E-state index contributed by atoms with van der Waals surface area (Å²) < 4.78 is 36.9. The number of aromatic nitrogens is 2. The van der Waals surface area contributed by atoms with Crippen molar-refractivity contribution in [2.75, 3.05) is 38.3 Å². The van der Waals surface area contributed by atoms with Crippen molar-refractivity contribution >= 4 is 29.0 Å². The maximum atomic E-state index is 12.6. The fourth-order valence-electron chi connectivity index (χ4n) is 2.67. The lowest BCUT2D eigenvalue weighted by Crippen LogP contribution is -2.36. The molecular weight excluding hydrogens is 425 g/mol. The molecule has 0 bridgehead atoms. The molecule has 8 nitrogen and oxygen atoms in total. The Morgan fingerprint density at radius 3 is 2.57 bits per heavy atom. The van der Waals surface area contributed by atoms with Crippen LogP contribution >= 0.6 is 11.3 Å². The van der Waals surface area contributed by atoms with E-state index in [1.165, 1.54) is 11.3 Å². The number of alkyl halides is 3. The SMILES string of the molecule is COCCN1CCN(C(=O)c2cscn2)Cc2ccc(C)nc21.O=C(O)C(F)(F)F. The molecule has 1 aliphatic heterocycles. The molecule has 0 radical (unpaired) electrons. The average molecular weight is 446 g/mol. The third kappa shape index (κ3) is 6.39. The Hall–Kier alpha value is -2.73. The number of amides is 1. The zero-order chi connectivity index (χ0) is 22.3. The van der Waals surface area contributed by atoms with Crippen molar-refractivity contribution in [1.82, 2.24) is 14.9 Å². The van der Waals surface area contributed by atoms with Crippen molar-refractivity contribution in [2.24, 2.45) is 0 Å². The number of thiazole rings is 1. The van der Waals surface area contributed by atoms with E-state index in [1.54, 1.807) is 18.0 Å². The van der Waals surface area contributed by atoms with E-state index < -0.39 is 12.1 Å². The number of carbonyl (C=O) groups excluding carboxylic acids is 1. The summed E-state index contributed by atoms with van der Waals surface area (Å²) in [6, 6.07) is 4.05. The van der Waals surface area contributed by atoms with Crippen LogP contribution in [0.5, 0.6) is 0 Å². The summed E-state index contributed by atoms with van der Waals surface area (Å²) in [6.45, 7) is 5.33. The van der Waals surface area contributed by atoms with Gasteiger partial charge in [-0.2, -0.15) is 13.2 Å². The molecule has 2 aromatic heterocycles. The van der Waals surface area contributed by atoms with E-state index in [-0.39, 0.29) is 5.91 Å². The molecule has 0 fully saturated rings. The van der Waals surface area contributed by atoms with Crippen LogP contribution in [0, 0.1) is 6.92 Å². The quantitative estimate of drug-likeness (QED) is 0.771. The minimum Gasteiger partial charge on any atom is -0.475 e. The minimum absolute atomic E-state index is 0.0219. The third-order valence-electron chi connectivity index (χ3n) is 4.14. The normalized spacial score (nSPS) is 13.8. The van der Waals surface area contributed by atoms with Gasteiger partial charge in [0.25, 0.3) is 5.91 Å². The van der Waals surface area contributed by atoms with Crippen molar-refractivity contribution in [1.29, 1.82) is 0 Å². The first-order valence-electron chi connectivity index (χ1n) is 8.81. The zero-order valence-electron chi connectivity index (χ0n) is 16.3. The highest BCUT2D eigenvalue weighted by Crippen LogP contribution is 2.24. The number of aliphatic carboxylic acids is 1. The molecule has 30 heavy (non-hydrogen) atoms. The molecule has 0 saturated heterocycles. The predicted molar refractivity (Wildman–Crippen MR) is 104 cm³/mol. The van der Waals surface area contributed by atoms with Crippen LogP contribution in [0.3, 0.4) is 0 Å². The largest absolute Gasteiger partial charge is 0.490 e. The van der Waals surface area contributed by atoms with Crippen molar-refractivity contribution in [3.63, 3.8) is 0 Å². The Labute approximate surface area is 174 Å². The number of ether oxygens (including phenoxy) is 1. The van der Waals surface area contributed by atoms with E-state index >= 15 is 0 Å². The Bertz CT molecular complexity index is 862. The van der Waals surface area contributed by atoms with E-state index in [9.17, 15) is 18.0 Å². The highest BCUT2D eigenvalue weighted by atomic mass is 32.1. The number of rotatable bonds is 4. The Morgan fingerprint density at radius 2 is 2.00 bits per heavy atom. The van der Waals surface area contributed by atoms with Crippen molar-refractivity contribution in [2.45, 2.75) is 19.6 Å². The zero-order valence-corrected chi connectivity index (χ0v) is 17.2. The summed E-state index contributed by atoms with van der Waals surface area (Å²) in [4.78, 5) is 34.4. The summed E-state index contributed by atoms with van der Waals surface area (Å²) in [5, 5.41) is 8.92. The molecule has 164 valence electrons. The van der Waals surface area contributed by atoms with Gasteiger partial charge in [0, 0.05) is 49.9 Å². The second kappa shape index (κ2) is 10.3. The Morgan fingerprint density at radius 1 is 1.30 bits per heavy atom. The number of pyridine rings is 1. The number of hydrogen-bond acceptors (Lipinski definition) is 7. The molecule has 0 atom stereocenters. The van der Waals surface area contributed by atoms with Crippen LogP contribution in [0.25, 0.3) is 0 Å². The number of fused-ring (bicyclic) bond motifs is 1. The fourth-order valence-corrected chi connectivity index (χ4v) is 3.20. The monoisotopic (exact) mass is 446 g/mol. The predicted octanol–water partition coefficient (Wildman–Crippen LogP) is 2.59. The van der Waals surface area contributed by atoms with E-state index in [2.05, 4.69) is 20.9 Å². The summed E-state index contributed by atoms with van der Waals surface area (Å²) in [5.74, 6) is -1.82. The number of nitrogens with zero attached hydrogens (tertiary/aromatic N) is 4.